The molecule has 7 heteroatoms. The Morgan fingerprint density at radius 1 is 1.30 bits per heavy atom. The van der Waals surface area contributed by atoms with Gasteiger partial charge in [-0.1, -0.05) is 6.07 Å². The highest BCUT2D eigenvalue weighted by atomic mass is 35.5. The molecule has 0 spiro atoms. The normalized spacial score (nSPS) is 10.3. The molecule has 0 bridgehead atoms. The van der Waals surface area contributed by atoms with Crippen LogP contribution >= 0.6 is 12.4 Å². The van der Waals surface area contributed by atoms with Gasteiger partial charge in [0.1, 0.15) is 11.5 Å². The standard InChI is InChI=1S/C13H20N4O2.ClH/c1-13(2,3)17-11(18)7-8-15-12(19)9-5-4-6-10(14)16-9;/h4-6H,7-8H2,1-3H3,(H2,14,16)(H,15,19)(H,17,18);1H. The predicted molar refractivity (Wildman–Crippen MR) is 80.7 cm³/mol. The SMILES string of the molecule is CC(C)(C)NC(=O)CCNC(=O)c1cccc(N)n1.Cl. The van der Waals surface area contributed by atoms with E-state index in [-0.39, 0.29) is 54.2 Å². The van der Waals surface area contributed by atoms with Crippen molar-refractivity contribution in [3.8, 4) is 0 Å². The summed E-state index contributed by atoms with van der Waals surface area (Å²) in [5.41, 5.74) is 5.47. The van der Waals surface area contributed by atoms with Gasteiger partial charge in [-0.3, -0.25) is 9.59 Å². The third-order valence-electron chi connectivity index (χ3n) is 2.16. The fourth-order valence-electron chi connectivity index (χ4n) is 1.44. The zero-order valence-corrected chi connectivity index (χ0v) is 12.7. The van der Waals surface area contributed by atoms with Crippen molar-refractivity contribution < 1.29 is 9.59 Å². The van der Waals surface area contributed by atoms with Crippen LogP contribution in [0.15, 0.2) is 18.2 Å². The van der Waals surface area contributed by atoms with Crippen LogP contribution in [0, 0.1) is 0 Å². The molecule has 6 nitrogen and oxygen atoms in total. The van der Waals surface area contributed by atoms with Gasteiger partial charge in [-0.25, -0.2) is 4.98 Å². The number of halogens is 1. The molecule has 0 aliphatic rings. The highest BCUT2D eigenvalue weighted by Gasteiger charge is 2.14. The first-order valence-corrected chi connectivity index (χ1v) is 6.10. The summed E-state index contributed by atoms with van der Waals surface area (Å²) < 4.78 is 0. The average molecular weight is 301 g/mol. The largest absolute Gasteiger partial charge is 0.384 e. The third-order valence-corrected chi connectivity index (χ3v) is 2.16. The van der Waals surface area contributed by atoms with Gasteiger partial charge in [0.2, 0.25) is 5.91 Å². The van der Waals surface area contributed by atoms with E-state index in [9.17, 15) is 9.59 Å². The van der Waals surface area contributed by atoms with Gasteiger partial charge < -0.3 is 16.4 Å². The second-order valence-electron chi connectivity index (χ2n) is 5.25. The van der Waals surface area contributed by atoms with Crippen molar-refractivity contribution in [1.82, 2.24) is 15.6 Å². The molecule has 0 radical (unpaired) electrons. The van der Waals surface area contributed by atoms with E-state index in [0.29, 0.717) is 0 Å². The van der Waals surface area contributed by atoms with Crippen LogP contribution < -0.4 is 16.4 Å². The minimum atomic E-state index is -0.337. The number of carbonyl (C=O) groups excluding carboxylic acids is 2. The van der Waals surface area contributed by atoms with E-state index in [0.717, 1.165) is 0 Å². The van der Waals surface area contributed by atoms with E-state index >= 15 is 0 Å². The molecule has 0 saturated carbocycles. The Morgan fingerprint density at radius 3 is 2.50 bits per heavy atom. The van der Waals surface area contributed by atoms with Gasteiger partial charge in [0.05, 0.1) is 0 Å². The Bertz CT molecular complexity index is 472. The second-order valence-corrected chi connectivity index (χ2v) is 5.25. The molecule has 112 valence electrons. The first-order chi connectivity index (χ1) is 8.78. The van der Waals surface area contributed by atoms with Gasteiger partial charge in [-0.2, -0.15) is 0 Å². The molecule has 0 saturated heterocycles. The fourth-order valence-corrected chi connectivity index (χ4v) is 1.44. The van der Waals surface area contributed by atoms with Crippen molar-refractivity contribution in [3.63, 3.8) is 0 Å². The molecule has 0 aliphatic heterocycles. The van der Waals surface area contributed by atoms with Crippen molar-refractivity contribution in [1.29, 1.82) is 0 Å². The predicted octanol–water partition coefficient (Wildman–Crippen LogP) is 1.12. The lowest BCUT2D eigenvalue weighted by Gasteiger charge is -2.20. The lowest BCUT2D eigenvalue weighted by atomic mass is 10.1. The van der Waals surface area contributed by atoms with Crippen LogP contribution in [-0.2, 0) is 4.79 Å². The number of amides is 2. The molecule has 0 atom stereocenters. The molecule has 0 aliphatic carbocycles. The molecule has 0 fully saturated rings. The maximum absolute atomic E-state index is 11.7. The quantitative estimate of drug-likeness (QED) is 0.776. The summed E-state index contributed by atoms with van der Waals surface area (Å²) in [6.45, 7) is 5.97. The second kappa shape index (κ2) is 7.69. The molecular formula is C13H21ClN4O2. The summed E-state index contributed by atoms with van der Waals surface area (Å²) in [5, 5.41) is 5.44. The number of anilines is 1. The highest BCUT2D eigenvalue weighted by molar-refractivity contribution is 5.92. The zero-order chi connectivity index (χ0) is 14.5. The van der Waals surface area contributed by atoms with E-state index in [4.69, 9.17) is 5.73 Å². The van der Waals surface area contributed by atoms with Gasteiger partial charge >= 0.3 is 0 Å². The Balaban J connectivity index is 0.00000361. The van der Waals surface area contributed by atoms with E-state index in [1.165, 1.54) is 0 Å². The molecule has 1 aromatic rings. The van der Waals surface area contributed by atoms with Gasteiger partial charge in [0.25, 0.3) is 5.91 Å². The third kappa shape index (κ3) is 6.94. The zero-order valence-electron chi connectivity index (χ0n) is 11.9. The summed E-state index contributed by atoms with van der Waals surface area (Å²) in [7, 11) is 0. The molecule has 20 heavy (non-hydrogen) atoms. The topological polar surface area (TPSA) is 97.1 Å². The summed E-state index contributed by atoms with van der Waals surface area (Å²) in [4.78, 5) is 27.1. The lowest BCUT2D eigenvalue weighted by molar-refractivity contribution is -0.122. The van der Waals surface area contributed by atoms with E-state index < -0.39 is 0 Å². The van der Waals surface area contributed by atoms with Crippen molar-refractivity contribution >= 4 is 30.0 Å². The molecule has 0 unspecified atom stereocenters. The minimum Gasteiger partial charge on any atom is -0.384 e. The Labute approximate surface area is 124 Å². The van der Waals surface area contributed by atoms with Crippen LogP contribution in [0.25, 0.3) is 0 Å². The van der Waals surface area contributed by atoms with Crippen molar-refractivity contribution in [2.24, 2.45) is 0 Å². The number of nitrogens with zero attached hydrogens (tertiary/aromatic N) is 1. The number of hydrogen-bond donors (Lipinski definition) is 3. The number of hydrogen-bond acceptors (Lipinski definition) is 4. The lowest BCUT2D eigenvalue weighted by Crippen LogP contribution is -2.42. The number of pyridine rings is 1. The van der Waals surface area contributed by atoms with Crippen molar-refractivity contribution in [3.05, 3.63) is 23.9 Å². The number of aromatic nitrogens is 1. The number of carbonyl (C=O) groups is 2. The van der Waals surface area contributed by atoms with Gasteiger partial charge in [-0.15, -0.1) is 12.4 Å². The molecular weight excluding hydrogens is 280 g/mol. The highest BCUT2D eigenvalue weighted by Crippen LogP contribution is 2.01. The van der Waals surface area contributed by atoms with Crippen LogP contribution in [0.3, 0.4) is 0 Å². The van der Waals surface area contributed by atoms with Crippen LogP contribution in [-0.4, -0.2) is 28.9 Å². The maximum atomic E-state index is 11.7. The van der Waals surface area contributed by atoms with Crippen molar-refractivity contribution in [2.75, 3.05) is 12.3 Å². The van der Waals surface area contributed by atoms with E-state index in [1.807, 2.05) is 20.8 Å². The van der Waals surface area contributed by atoms with Gasteiger partial charge in [0, 0.05) is 18.5 Å². The number of rotatable bonds is 4. The monoisotopic (exact) mass is 300 g/mol. The van der Waals surface area contributed by atoms with Crippen LogP contribution in [0.5, 0.6) is 0 Å². The molecule has 1 heterocycles. The van der Waals surface area contributed by atoms with E-state index in [1.54, 1.807) is 18.2 Å². The maximum Gasteiger partial charge on any atom is 0.269 e. The number of nitrogens with one attached hydrogen (secondary N) is 2. The van der Waals surface area contributed by atoms with E-state index in [2.05, 4.69) is 15.6 Å². The summed E-state index contributed by atoms with van der Waals surface area (Å²) in [6.07, 6.45) is 0.228. The average Bonchev–Trinajstić information content (AvgIpc) is 2.26. The number of nitrogen functional groups attached to an aromatic ring is 1. The summed E-state index contributed by atoms with van der Waals surface area (Å²) in [5.74, 6) is -0.151. The molecule has 4 N–H and O–H groups in total. The molecule has 1 aromatic heterocycles. The Kier molecular flexibility index (Phi) is 6.99. The first kappa shape index (κ1) is 18.2. The van der Waals surface area contributed by atoms with Gasteiger partial charge in [-0.05, 0) is 32.9 Å². The Hall–Kier alpha value is -1.82. The molecule has 2 amide bonds. The first-order valence-electron chi connectivity index (χ1n) is 6.10. The number of nitrogens with two attached hydrogens (primary N) is 1. The summed E-state index contributed by atoms with van der Waals surface area (Å²) >= 11 is 0. The van der Waals surface area contributed by atoms with Crippen molar-refractivity contribution in [2.45, 2.75) is 32.7 Å². The molecule has 1 rings (SSSR count). The van der Waals surface area contributed by atoms with Crippen LogP contribution in [0.1, 0.15) is 37.7 Å². The minimum absolute atomic E-state index is 0. The Morgan fingerprint density at radius 2 is 1.95 bits per heavy atom. The van der Waals surface area contributed by atoms with Crippen LogP contribution in [0.4, 0.5) is 5.82 Å². The fraction of sp³-hybridized carbons (Fsp3) is 0.462. The van der Waals surface area contributed by atoms with Gasteiger partial charge in [0.15, 0.2) is 0 Å². The summed E-state index contributed by atoms with van der Waals surface area (Å²) in [6, 6.07) is 4.83. The smallest absolute Gasteiger partial charge is 0.269 e. The molecule has 0 aromatic carbocycles. The van der Waals surface area contributed by atoms with Crippen LogP contribution in [0.2, 0.25) is 0 Å².